The zero-order valence-electron chi connectivity index (χ0n) is 11.5. The highest BCUT2D eigenvalue weighted by molar-refractivity contribution is 5.77. The van der Waals surface area contributed by atoms with Crippen molar-refractivity contribution in [1.29, 1.82) is 0 Å². The van der Waals surface area contributed by atoms with Crippen LogP contribution in [0.3, 0.4) is 0 Å². The lowest BCUT2D eigenvalue weighted by Crippen LogP contribution is -2.52. The first-order chi connectivity index (χ1) is 9.16. The summed E-state index contributed by atoms with van der Waals surface area (Å²) in [5.41, 5.74) is 0. The molecule has 6 heteroatoms. The van der Waals surface area contributed by atoms with E-state index >= 15 is 0 Å². The Morgan fingerprint density at radius 1 is 1.42 bits per heavy atom. The summed E-state index contributed by atoms with van der Waals surface area (Å²) < 4.78 is 0. The van der Waals surface area contributed by atoms with Crippen LogP contribution in [-0.2, 0) is 4.79 Å². The molecule has 2 rings (SSSR count). The van der Waals surface area contributed by atoms with Gasteiger partial charge in [-0.25, -0.2) is 9.97 Å². The molecule has 1 aliphatic rings. The van der Waals surface area contributed by atoms with Crippen molar-refractivity contribution in [2.45, 2.75) is 19.4 Å². The van der Waals surface area contributed by atoms with Crippen molar-refractivity contribution in [2.24, 2.45) is 0 Å². The van der Waals surface area contributed by atoms with E-state index in [4.69, 9.17) is 0 Å². The number of nitrogens with zero attached hydrogens (tertiary/aromatic N) is 4. The third kappa shape index (κ3) is 3.89. The van der Waals surface area contributed by atoms with Gasteiger partial charge < -0.3 is 15.1 Å². The predicted octanol–water partition coefficient (Wildman–Crippen LogP) is 0.441. The molecule has 1 aliphatic heterocycles. The van der Waals surface area contributed by atoms with Crippen molar-refractivity contribution in [3.05, 3.63) is 18.5 Å². The largest absolute Gasteiger partial charge is 0.354 e. The lowest BCUT2D eigenvalue weighted by Gasteiger charge is -2.38. The Morgan fingerprint density at radius 2 is 2.16 bits per heavy atom. The lowest BCUT2D eigenvalue weighted by atomic mass is 10.2. The summed E-state index contributed by atoms with van der Waals surface area (Å²) >= 11 is 0. The van der Waals surface area contributed by atoms with Gasteiger partial charge in [-0.15, -0.1) is 0 Å². The minimum Gasteiger partial charge on any atom is -0.354 e. The molecule has 1 aromatic heterocycles. The predicted molar refractivity (Wildman–Crippen MR) is 73.8 cm³/mol. The molecule has 0 radical (unpaired) electrons. The highest BCUT2D eigenvalue weighted by Crippen LogP contribution is 2.09. The van der Waals surface area contributed by atoms with E-state index in [2.05, 4.69) is 34.2 Å². The Kier molecular flexibility index (Phi) is 4.68. The van der Waals surface area contributed by atoms with E-state index in [1.54, 1.807) is 18.5 Å². The smallest absolute Gasteiger partial charge is 0.224 e. The molecule has 6 nitrogen and oxygen atoms in total. The molecule has 1 saturated heterocycles. The third-order valence-corrected chi connectivity index (χ3v) is 3.34. The first-order valence-corrected chi connectivity index (χ1v) is 6.65. The fourth-order valence-electron chi connectivity index (χ4n) is 2.33. The number of piperazine rings is 1. The summed E-state index contributed by atoms with van der Waals surface area (Å²) in [6, 6.07) is 2.06. The molecule has 1 amide bonds. The van der Waals surface area contributed by atoms with E-state index in [1.807, 2.05) is 4.90 Å². The van der Waals surface area contributed by atoms with Crippen LogP contribution in [0.1, 0.15) is 13.3 Å². The van der Waals surface area contributed by atoms with Gasteiger partial charge in [0.1, 0.15) is 0 Å². The van der Waals surface area contributed by atoms with Crippen LogP contribution in [-0.4, -0.2) is 64.9 Å². The van der Waals surface area contributed by atoms with Crippen molar-refractivity contribution >= 4 is 11.9 Å². The second-order valence-corrected chi connectivity index (χ2v) is 4.95. The number of hydrogen-bond donors (Lipinski definition) is 1. The van der Waals surface area contributed by atoms with E-state index in [0.29, 0.717) is 25.0 Å². The normalized spacial score (nSPS) is 20.3. The van der Waals surface area contributed by atoms with E-state index in [1.165, 1.54) is 0 Å². The molecule has 1 aromatic rings. The molecular formula is C13H21N5O. The van der Waals surface area contributed by atoms with Crippen LogP contribution in [0.4, 0.5) is 5.95 Å². The van der Waals surface area contributed by atoms with E-state index in [0.717, 1.165) is 19.6 Å². The van der Waals surface area contributed by atoms with Gasteiger partial charge in [-0.1, -0.05) is 0 Å². The number of amides is 1. The first-order valence-electron chi connectivity index (χ1n) is 6.65. The zero-order valence-corrected chi connectivity index (χ0v) is 11.5. The summed E-state index contributed by atoms with van der Waals surface area (Å²) in [7, 11) is 2.09. The van der Waals surface area contributed by atoms with E-state index in [9.17, 15) is 4.79 Å². The summed E-state index contributed by atoms with van der Waals surface area (Å²) in [4.78, 5) is 24.5. The molecule has 0 aromatic carbocycles. The van der Waals surface area contributed by atoms with Crippen molar-refractivity contribution in [3.8, 4) is 0 Å². The Morgan fingerprint density at radius 3 is 2.84 bits per heavy atom. The van der Waals surface area contributed by atoms with Crippen LogP contribution in [0, 0.1) is 0 Å². The van der Waals surface area contributed by atoms with Crippen molar-refractivity contribution in [3.63, 3.8) is 0 Å². The molecule has 1 N–H and O–H groups in total. The second-order valence-electron chi connectivity index (χ2n) is 4.95. The number of rotatable bonds is 4. The highest BCUT2D eigenvalue weighted by atomic mass is 16.2. The zero-order chi connectivity index (χ0) is 13.7. The average Bonchev–Trinajstić information content (AvgIpc) is 2.39. The first kappa shape index (κ1) is 13.7. The molecule has 0 unspecified atom stereocenters. The lowest BCUT2D eigenvalue weighted by molar-refractivity contribution is -0.135. The van der Waals surface area contributed by atoms with Crippen LogP contribution >= 0.6 is 0 Å². The van der Waals surface area contributed by atoms with Gasteiger partial charge in [0, 0.05) is 51.0 Å². The SMILES string of the molecule is C[C@@H]1CN(C)CCN1C(=O)CCNc1ncccn1. The molecule has 1 atom stereocenters. The fourth-order valence-corrected chi connectivity index (χ4v) is 2.33. The van der Waals surface area contributed by atoms with Gasteiger partial charge in [-0.3, -0.25) is 4.79 Å². The molecule has 104 valence electrons. The summed E-state index contributed by atoms with van der Waals surface area (Å²) in [5, 5.41) is 3.06. The summed E-state index contributed by atoms with van der Waals surface area (Å²) in [6.07, 6.45) is 3.84. The van der Waals surface area contributed by atoms with Gasteiger partial charge in [0.25, 0.3) is 0 Å². The number of carbonyl (C=O) groups is 1. The van der Waals surface area contributed by atoms with Crippen LogP contribution < -0.4 is 5.32 Å². The minimum absolute atomic E-state index is 0.198. The van der Waals surface area contributed by atoms with Crippen LogP contribution in [0.15, 0.2) is 18.5 Å². The Labute approximate surface area is 113 Å². The monoisotopic (exact) mass is 263 g/mol. The Hall–Kier alpha value is -1.69. The summed E-state index contributed by atoms with van der Waals surface area (Å²) in [6.45, 7) is 5.38. The highest BCUT2D eigenvalue weighted by Gasteiger charge is 2.24. The molecule has 0 bridgehead atoms. The van der Waals surface area contributed by atoms with Gasteiger partial charge in [-0.05, 0) is 20.0 Å². The molecule has 19 heavy (non-hydrogen) atoms. The third-order valence-electron chi connectivity index (χ3n) is 3.34. The quantitative estimate of drug-likeness (QED) is 0.854. The molecule has 0 saturated carbocycles. The van der Waals surface area contributed by atoms with Gasteiger partial charge in [0.2, 0.25) is 11.9 Å². The maximum Gasteiger partial charge on any atom is 0.224 e. The van der Waals surface area contributed by atoms with E-state index in [-0.39, 0.29) is 5.91 Å². The number of anilines is 1. The van der Waals surface area contributed by atoms with Crippen molar-refractivity contribution in [2.75, 3.05) is 38.5 Å². The second kappa shape index (κ2) is 6.47. The molecule has 2 heterocycles. The number of carbonyl (C=O) groups excluding carboxylic acids is 1. The van der Waals surface area contributed by atoms with Gasteiger partial charge in [-0.2, -0.15) is 0 Å². The van der Waals surface area contributed by atoms with Crippen molar-refractivity contribution < 1.29 is 4.79 Å². The van der Waals surface area contributed by atoms with Crippen LogP contribution in [0.5, 0.6) is 0 Å². The van der Waals surface area contributed by atoms with Crippen molar-refractivity contribution in [1.82, 2.24) is 19.8 Å². The topological polar surface area (TPSA) is 61.4 Å². The van der Waals surface area contributed by atoms with E-state index < -0.39 is 0 Å². The number of nitrogens with one attached hydrogen (secondary N) is 1. The van der Waals surface area contributed by atoms with Crippen LogP contribution in [0.2, 0.25) is 0 Å². The number of hydrogen-bond acceptors (Lipinski definition) is 5. The Bertz CT molecular complexity index is 411. The standard InChI is InChI=1S/C13H21N5O/c1-11-10-17(2)8-9-18(11)12(19)4-7-16-13-14-5-3-6-15-13/h3,5-6,11H,4,7-10H2,1-2H3,(H,14,15,16)/t11-/m1/s1. The molecule has 0 spiro atoms. The Balaban J connectivity index is 1.75. The number of likely N-dealkylation sites (N-methyl/N-ethyl adjacent to an activating group) is 1. The van der Waals surface area contributed by atoms with Gasteiger partial charge in [0.05, 0.1) is 0 Å². The number of aromatic nitrogens is 2. The maximum absolute atomic E-state index is 12.1. The molecule has 0 aliphatic carbocycles. The minimum atomic E-state index is 0.198. The fraction of sp³-hybridized carbons (Fsp3) is 0.615. The maximum atomic E-state index is 12.1. The average molecular weight is 263 g/mol. The molecule has 1 fully saturated rings. The molecular weight excluding hydrogens is 242 g/mol. The van der Waals surface area contributed by atoms with Gasteiger partial charge in [0.15, 0.2) is 0 Å². The van der Waals surface area contributed by atoms with Crippen LogP contribution in [0.25, 0.3) is 0 Å². The summed E-state index contributed by atoms with van der Waals surface area (Å²) in [5.74, 6) is 0.769. The van der Waals surface area contributed by atoms with Gasteiger partial charge >= 0.3 is 0 Å².